The number of nitro benzene ring substituents is 1. The maximum Gasteiger partial charge on any atom is 0.287 e. The first kappa shape index (κ1) is 18.8. The molecule has 0 saturated heterocycles. The summed E-state index contributed by atoms with van der Waals surface area (Å²) < 4.78 is 6.22. The van der Waals surface area contributed by atoms with Crippen molar-refractivity contribution in [2.75, 3.05) is 6.54 Å². The van der Waals surface area contributed by atoms with Crippen molar-refractivity contribution in [2.24, 2.45) is 0 Å². The summed E-state index contributed by atoms with van der Waals surface area (Å²) in [6, 6.07) is 12.8. The normalized spacial score (nSPS) is 20.9. The Hall–Kier alpha value is -1.96. The van der Waals surface area contributed by atoms with Crippen molar-refractivity contribution >= 4 is 21.6 Å². The molecule has 6 nitrogen and oxygen atoms in total. The number of nitrogens with one attached hydrogen (secondary N) is 1. The van der Waals surface area contributed by atoms with Crippen LogP contribution in [-0.4, -0.2) is 28.3 Å². The summed E-state index contributed by atoms with van der Waals surface area (Å²) in [6.45, 7) is 4.22. The molecular formula is C19H21BrN2O4. The van der Waals surface area contributed by atoms with E-state index in [-0.39, 0.29) is 11.7 Å². The zero-order chi connectivity index (χ0) is 18.9. The van der Waals surface area contributed by atoms with E-state index in [0.29, 0.717) is 22.3 Å². The molecule has 2 unspecified atom stereocenters. The Kier molecular flexibility index (Phi) is 5.32. The maximum absolute atomic E-state index is 11.2. The van der Waals surface area contributed by atoms with Crippen LogP contribution in [-0.2, 0) is 6.42 Å². The molecule has 0 spiro atoms. The van der Waals surface area contributed by atoms with Gasteiger partial charge >= 0.3 is 0 Å². The molecule has 0 amide bonds. The molecule has 2 N–H and O–H groups in total. The first-order chi connectivity index (χ1) is 12.3. The summed E-state index contributed by atoms with van der Waals surface area (Å²) in [5.74, 6) is 0.424. The summed E-state index contributed by atoms with van der Waals surface area (Å²) in [7, 11) is 0. The monoisotopic (exact) mass is 420 g/mol. The second kappa shape index (κ2) is 7.34. The van der Waals surface area contributed by atoms with Crippen LogP contribution in [0.1, 0.15) is 31.0 Å². The highest BCUT2D eigenvalue weighted by atomic mass is 79.9. The molecule has 0 radical (unpaired) electrons. The minimum atomic E-state index is -0.862. The van der Waals surface area contributed by atoms with Gasteiger partial charge in [0.05, 0.1) is 21.5 Å². The van der Waals surface area contributed by atoms with Crippen LogP contribution in [0.5, 0.6) is 5.75 Å². The van der Waals surface area contributed by atoms with Gasteiger partial charge in [0.1, 0.15) is 17.5 Å². The topological polar surface area (TPSA) is 84.6 Å². The molecule has 2 aromatic rings. The van der Waals surface area contributed by atoms with E-state index >= 15 is 0 Å². The average molecular weight is 421 g/mol. The maximum atomic E-state index is 11.2. The predicted octanol–water partition coefficient (Wildman–Crippen LogP) is 3.76. The molecule has 2 atom stereocenters. The molecule has 0 fully saturated rings. The molecule has 2 aromatic carbocycles. The number of hydrogen-bond acceptors (Lipinski definition) is 5. The number of halogens is 1. The van der Waals surface area contributed by atoms with Gasteiger partial charge in [-0.15, -0.1) is 0 Å². The highest BCUT2D eigenvalue weighted by Gasteiger charge is 2.43. The van der Waals surface area contributed by atoms with Crippen molar-refractivity contribution in [3.05, 3.63) is 68.2 Å². The fraction of sp³-hybridized carbons (Fsp3) is 0.368. The van der Waals surface area contributed by atoms with Crippen molar-refractivity contribution in [1.82, 2.24) is 5.32 Å². The number of aliphatic hydroxyl groups excluding tert-OH is 1. The Bertz CT molecular complexity index is 811. The molecule has 1 heterocycles. The van der Waals surface area contributed by atoms with E-state index in [0.717, 1.165) is 6.42 Å². The highest BCUT2D eigenvalue weighted by molar-refractivity contribution is 9.10. The molecule has 138 valence electrons. The standard InChI is InChI=1S/C19H21BrN2O4/c1-19(2)18(23)17(21-9-8-12-6-4-3-5-7-12)13-10-14(20)15(22(24)25)11-16(13)26-19/h3-7,10-11,17-18,21,23H,8-9H2,1-2H3. The summed E-state index contributed by atoms with van der Waals surface area (Å²) >= 11 is 3.25. The average Bonchev–Trinajstić information content (AvgIpc) is 2.59. The molecule has 1 aliphatic rings. The van der Waals surface area contributed by atoms with Crippen LogP contribution in [0.3, 0.4) is 0 Å². The predicted molar refractivity (Wildman–Crippen MR) is 102 cm³/mol. The van der Waals surface area contributed by atoms with Crippen molar-refractivity contribution in [1.29, 1.82) is 0 Å². The van der Waals surface area contributed by atoms with Crippen LogP contribution < -0.4 is 10.1 Å². The Balaban J connectivity index is 1.87. The van der Waals surface area contributed by atoms with Crippen molar-refractivity contribution in [3.63, 3.8) is 0 Å². The number of nitrogens with zero attached hydrogens (tertiary/aromatic N) is 1. The van der Waals surface area contributed by atoms with Gasteiger partial charge in [-0.2, -0.15) is 0 Å². The lowest BCUT2D eigenvalue weighted by Gasteiger charge is -2.42. The molecule has 3 rings (SSSR count). The van der Waals surface area contributed by atoms with Gasteiger partial charge in [-0.1, -0.05) is 30.3 Å². The first-order valence-corrected chi connectivity index (χ1v) is 9.21. The Morgan fingerprint density at radius 3 is 2.65 bits per heavy atom. The lowest BCUT2D eigenvalue weighted by atomic mass is 9.86. The fourth-order valence-corrected chi connectivity index (χ4v) is 3.69. The third kappa shape index (κ3) is 3.75. The molecule has 26 heavy (non-hydrogen) atoms. The van der Waals surface area contributed by atoms with Gasteiger partial charge in [0.2, 0.25) is 0 Å². The van der Waals surface area contributed by atoms with E-state index < -0.39 is 16.6 Å². The van der Waals surface area contributed by atoms with Crippen LogP contribution in [0.4, 0.5) is 5.69 Å². The van der Waals surface area contributed by atoms with E-state index in [9.17, 15) is 15.2 Å². The van der Waals surface area contributed by atoms with E-state index in [2.05, 4.69) is 33.4 Å². The molecule has 7 heteroatoms. The van der Waals surface area contributed by atoms with Crippen LogP contribution >= 0.6 is 15.9 Å². The Morgan fingerprint density at radius 1 is 1.31 bits per heavy atom. The minimum absolute atomic E-state index is 0.0565. The van der Waals surface area contributed by atoms with Crippen molar-refractivity contribution < 1.29 is 14.8 Å². The molecular weight excluding hydrogens is 400 g/mol. The van der Waals surface area contributed by atoms with E-state index in [1.165, 1.54) is 11.6 Å². The van der Waals surface area contributed by atoms with Crippen molar-refractivity contribution in [2.45, 2.75) is 38.0 Å². The second-order valence-corrected chi connectivity index (χ2v) is 7.77. The second-order valence-electron chi connectivity index (χ2n) is 6.92. The van der Waals surface area contributed by atoms with Crippen LogP contribution in [0.2, 0.25) is 0 Å². The molecule has 0 aromatic heterocycles. The Morgan fingerprint density at radius 2 is 2.00 bits per heavy atom. The zero-order valence-electron chi connectivity index (χ0n) is 14.6. The molecule has 0 aliphatic carbocycles. The van der Waals surface area contributed by atoms with Crippen LogP contribution in [0.15, 0.2) is 46.9 Å². The Labute approximate surface area is 160 Å². The number of hydrogen-bond donors (Lipinski definition) is 2. The van der Waals surface area contributed by atoms with Gasteiger partial charge in [0, 0.05) is 5.56 Å². The van der Waals surface area contributed by atoms with Crippen LogP contribution in [0, 0.1) is 10.1 Å². The van der Waals surface area contributed by atoms with Gasteiger partial charge in [-0.05, 0) is 54.4 Å². The van der Waals surface area contributed by atoms with E-state index in [1.54, 1.807) is 19.9 Å². The van der Waals surface area contributed by atoms with Gasteiger partial charge in [0.25, 0.3) is 5.69 Å². The third-order valence-corrected chi connectivity index (χ3v) is 5.27. The number of aliphatic hydroxyl groups is 1. The van der Waals surface area contributed by atoms with E-state index in [4.69, 9.17) is 4.74 Å². The smallest absolute Gasteiger partial charge is 0.287 e. The summed E-state index contributed by atoms with van der Waals surface area (Å²) in [6.07, 6.45) is 0.0218. The minimum Gasteiger partial charge on any atom is -0.484 e. The van der Waals surface area contributed by atoms with Crippen LogP contribution in [0.25, 0.3) is 0 Å². The fourth-order valence-electron chi connectivity index (χ4n) is 3.18. The highest BCUT2D eigenvalue weighted by Crippen LogP contribution is 2.44. The summed E-state index contributed by atoms with van der Waals surface area (Å²) in [5.41, 5.74) is 0.992. The molecule has 0 bridgehead atoms. The van der Waals surface area contributed by atoms with Gasteiger partial charge in [-0.25, -0.2) is 0 Å². The number of ether oxygens (including phenoxy) is 1. The summed E-state index contributed by atoms with van der Waals surface area (Å²) in [5, 5.41) is 25.4. The number of rotatable bonds is 5. The molecule has 1 aliphatic heterocycles. The van der Waals surface area contributed by atoms with Gasteiger partial charge < -0.3 is 15.2 Å². The zero-order valence-corrected chi connectivity index (χ0v) is 16.2. The lowest BCUT2D eigenvalue weighted by molar-refractivity contribution is -0.385. The van der Waals surface area contributed by atoms with Gasteiger partial charge in [0.15, 0.2) is 0 Å². The number of benzene rings is 2. The number of fused-ring (bicyclic) bond motifs is 1. The molecule has 0 saturated carbocycles. The van der Waals surface area contributed by atoms with Gasteiger partial charge in [-0.3, -0.25) is 10.1 Å². The lowest BCUT2D eigenvalue weighted by Crippen LogP contribution is -2.52. The SMILES string of the molecule is CC1(C)Oc2cc([N+](=O)[O-])c(Br)cc2C(NCCc2ccccc2)C1O. The largest absolute Gasteiger partial charge is 0.484 e. The first-order valence-electron chi connectivity index (χ1n) is 8.42. The van der Waals surface area contributed by atoms with E-state index in [1.807, 2.05) is 18.2 Å². The number of nitro groups is 1. The van der Waals surface area contributed by atoms with Crippen molar-refractivity contribution in [3.8, 4) is 5.75 Å². The summed E-state index contributed by atoms with van der Waals surface area (Å²) in [4.78, 5) is 10.7. The third-order valence-electron chi connectivity index (χ3n) is 4.63. The quantitative estimate of drug-likeness (QED) is 0.567.